The molecule has 62 valence electrons. The second kappa shape index (κ2) is 5.69. The largest absolute Gasteiger partial charge is 0.385 e. The van der Waals surface area contributed by atoms with E-state index in [1.54, 1.807) is 7.11 Å². The normalized spacial score (nSPS) is 14.1. The van der Waals surface area contributed by atoms with Gasteiger partial charge in [0.2, 0.25) is 0 Å². The monoisotopic (exact) mass is 145 g/mol. The Morgan fingerprint density at radius 2 is 2.10 bits per heavy atom. The molecule has 0 spiro atoms. The van der Waals surface area contributed by atoms with E-state index in [9.17, 15) is 0 Å². The zero-order chi connectivity index (χ0) is 7.98. The third kappa shape index (κ3) is 3.85. The molecule has 0 radical (unpaired) electrons. The van der Waals surface area contributed by atoms with Crippen molar-refractivity contribution in [1.29, 1.82) is 0 Å². The van der Waals surface area contributed by atoms with Crippen LogP contribution in [0.1, 0.15) is 20.3 Å². The van der Waals surface area contributed by atoms with Crippen molar-refractivity contribution >= 4 is 0 Å². The van der Waals surface area contributed by atoms with Crippen molar-refractivity contribution in [3.63, 3.8) is 0 Å². The van der Waals surface area contributed by atoms with Gasteiger partial charge in [-0.15, -0.1) is 0 Å². The van der Waals surface area contributed by atoms with E-state index < -0.39 is 0 Å². The number of rotatable bonds is 5. The van der Waals surface area contributed by atoms with E-state index in [2.05, 4.69) is 25.8 Å². The maximum atomic E-state index is 4.98. The molecule has 0 aliphatic rings. The van der Waals surface area contributed by atoms with E-state index >= 15 is 0 Å². The van der Waals surface area contributed by atoms with Gasteiger partial charge in [0.1, 0.15) is 0 Å². The summed E-state index contributed by atoms with van der Waals surface area (Å²) < 4.78 is 4.98. The minimum atomic E-state index is 0.643. The lowest BCUT2D eigenvalue weighted by Gasteiger charge is -2.22. The summed E-state index contributed by atoms with van der Waals surface area (Å²) >= 11 is 0. The van der Waals surface area contributed by atoms with E-state index in [-0.39, 0.29) is 0 Å². The van der Waals surface area contributed by atoms with Gasteiger partial charge in [-0.1, -0.05) is 6.92 Å². The molecule has 0 heterocycles. The van der Waals surface area contributed by atoms with Gasteiger partial charge in [-0.2, -0.15) is 0 Å². The quantitative estimate of drug-likeness (QED) is 0.579. The van der Waals surface area contributed by atoms with E-state index in [4.69, 9.17) is 4.74 Å². The third-order valence-electron chi connectivity index (χ3n) is 1.99. The standard InChI is InChI=1S/C8H19NO/c1-5-9(3)8(2)6-7-10-4/h8H,5-7H2,1-4H3. The molecular weight excluding hydrogens is 126 g/mol. The molecule has 2 heteroatoms. The molecule has 1 atom stereocenters. The zero-order valence-corrected chi connectivity index (χ0v) is 7.55. The second-order valence-corrected chi connectivity index (χ2v) is 2.70. The topological polar surface area (TPSA) is 12.5 Å². The SMILES string of the molecule is CCN(C)C(C)CCOC. The molecule has 0 aromatic carbocycles. The van der Waals surface area contributed by atoms with Crippen LogP contribution in [0.5, 0.6) is 0 Å². The van der Waals surface area contributed by atoms with Crippen LogP contribution < -0.4 is 0 Å². The molecule has 0 N–H and O–H groups in total. The van der Waals surface area contributed by atoms with Gasteiger partial charge in [-0.05, 0) is 26.9 Å². The fourth-order valence-electron chi connectivity index (χ4n) is 0.820. The van der Waals surface area contributed by atoms with Gasteiger partial charge in [-0.25, -0.2) is 0 Å². The summed E-state index contributed by atoms with van der Waals surface area (Å²) in [5.41, 5.74) is 0. The van der Waals surface area contributed by atoms with Crippen molar-refractivity contribution in [2.75, 3.05) is 27.3 Å². The summed E-state index contributed by atoms with van der Waals surface area (Å²) in [7, 11) is 3.89. The highest BCUT2D eigenvalue weighted by atomic mass is 16.5. The van der Waals surface area contributed by atoms with Crippen molar-refractivity contribution < 1.29 is 4.74 Å². The third-order valence-corrected chi connectivity index (χ3v) is 1.99. The van der Waals surface area contributed by atoms with Gasteiger partial charge in [0.25, 0.3) is 0 Å². The Hall–Kier alpha value is -0.0800. The predicted octanol–water partition coefficient (Wildman–Crippen LogP) is 1.36. The Labute approximate surface area is 64.2 Å². The Morgan fingerprint density at radius 1 is 1.50 bits per heavy atom. The Balaban J connectivity index is 3.31. The fraction of sp³-hybridized carbons (Fsp3) is 1.00. The van der Waals surface area contributed by atoms with Crippen LogP contribution in [0, 0.1) is 0 Å². The van der Waals surface area contributed by atoms with E-state index in [0.717, 1.165) is 19.6 Å². The minimum absolute atomic E-state index is 0.643. The molecule has 0 aliphatic heterocycles. The van der Waals surface area contributed by atoms with Gasteiger partial charge < -0.3 is 9.64 Å². The van der Waals surface area contributed by atoms with E-state index in [1.165, 1.54) is 0 Å². The van der Waals surface area contributed by atoms with Crippen molar-refractivity contribution in [2.24, 2.45) is 0 Å². The molecule has 0 fully saturated rings. The van der Waals surface area contributed by atoms with Crippen molar-refractivity contribution in [1.82, 2.24) is 4.90 Å². The van der Waals surface area contributed by atoms with E-state index in [0.29, 0.717) is 6.04 Å². The summed E-state index contributed by atoms with van der Waals surface area (Å²) in [5, 5.41) is 0. The molecule has 0 rings (SSSR count). The molecule has 2 nitrogen and oxygen atoms in total. The Bertz CT molecular complexity index is 75.7. The summed E-state index contributed by atoms with van der Waals surface area (Å²) in [6.45, 7) is 6.38. The molecule has 0 aromatic rings. The first-order valence-corrected chi connectivity index (χ1v) is 3.91. The van der Waals surface area contributed by atoms with E-state index in [1.807, 2.05) is 0 Å². The fourth-order valence-corrected chi connectivity index (χ4v) is 0.820. The van der Waals surface area contributed by atoms with Crippen LogP contribution in [-0.2, 0) is 4.74 Å². The van der Waals surface area contributed by atoms with Crippen LogP contribution in [0.3, 0.4) is 0 Å². The Kier molecular flexibility index (Phi) is 5.64. The molecule has 0 aliphatic carbocycles. The minimum Gasteiger partial charge on any atom is -0.385 e. The van der Waals surface area contributed by atoms with Crippen molar-refractivity contribution in [3.05, 3.63) is 0 Å². The van der Waals surface area contributed by atoms with Gasteiger partial charge in [0.05, 0.1) is 0 Å². The van der Waals surface area contributed by atoms with Crippen LogP contribution >= 0.6 is 0 Å². The molecule has 0 bridgehead atoms. The highest BCUT2D eigenvalue weighted by molar-refractivity contribution is 4.60. The maximum absolute atomic E-state index is 4.98. The molecule has 0 saturated carbocycles. The molecular formula is C8H19NO. The zero-order valence-electron chi connectivity index (χ0n) is 7.55. The first-order valence-electron chi connectivity index (χ1n) is 3.91. The molecule has 0 saturated heterocycles. The summed E-state index contributed by atoms with van der Waals surface area (Å²) in [6, 6.07) is 0.643. The van der Waals surface area contributed by atoms with Crippen LogP contribution in [0.4, 0.5) is 0 Å². The number of hydrogen-bond acceptors (Lipinski definition) is 2. The van der Waals surface area contributed by atoms with Crippen LogP contribution in [0.2, 0.25) is 0 Å². The van der Waals surface area contributed by atoms with Gasteiger partial charge >= 0.3 is 0 Å². The van der Waals surface area contributed by atoms with Crippen LogP contribution in [0.25, 0.3) is 0 Å². The lowest BCUT2D eigenvalue weighted by molar-refractivity contribution is 0.155. The molecule has 0 amide bonds. The van der Waals surface area contributed by atoms with Gasteiger partial charge in [0.15, 0.2) is 0 Å². The number of methoxy groups -OCH3 is 1. The van der Waals surface area contributed by atoms with Crippen molar-refractivity contribution in [2.45, 2.75) is 26.3 Å². The smallest absolute Gasteiger partial charge is 0.0477 e. The highest BCUT2D eigenvalue weighted by Crippen LogP contribution is 1.99. The van der Waals surface area contributed by atoms with Crippen LogP contribution in [0.15, 0.2) is 0 Å². The average molecular weight is 145 g/mol. The summed E-state index contributed by atoms with van der Waals surface area (Å²) in [5.74, 6) is 0. The molecule has 10 heavy (non-hydrogen) atoms. The van der Waals surface area contributed by atoms with Gasteiger partial charge in [-0.3, -0.25) is 0 Å². The second-order valence-electron chi connectivity index (χ2n) is 2.70. The lowest BCUT2D eigenvalue weighted by Crippen LogP contribution is -2.29. The van der Waals surface area contributed by atoms with Crippen molar-refractivity contribution in [3.8, 4) is 0 Å². The van der Waals surface area contributed by atoms with Gasteiger partial charge in [0, 0.05) is 19.8 Å². The number of ether oxygens (including phenoxy) is 1. The highest BCUT2D eigenvalue weighted by Gasteiger charge is 2.04. The number of nitrogens with zero attached hydrogens (tertiary/aromatic N) is 1. The van der Waals surface area contributed by atoms with Crippen LogP contribution in [-0.4, -0.2) is 38.3 Å². The average Bonchev–Trinajstić information content (AvgIpc) is 1.98. The predicted molar refractivity (Wildman–Crippen MR) is 44.3 cm³/mol. The lowest BCUT2D eigenvalue weighted by atomic mass is 10.2. The Morgan fingerprint density at radius 3 is 2.50 bits per heavy atom. The maximum Gasteiger partial charge on any atom is 0.0477 e. The first-order chi connectivity index (χ1) is 4.72. The summed E-state index contributed by atoms with van der Waals surface area (Å²) in [4.78, 5) is 2.32. The molecule has 1 unspecified atom stereocenters. The first kappa shape index (κ1) is 9.92. The molecule has 0 aromatic heterocycles. The summed E-state index contributed by atoms with van der Waals surface area (Å²) in [6.07, 6.45) is 1.13. The number of hydrogen-bond donors (Lipinski definition) is 0.